The monoisotopic (exact) mass is 170 g/mol. The zero-order valence-corrected chi connectivity index (χ0v) is 7.90. The fraction of sp³-hybridized carbons (Fsp3) is 0.0769. The zero-order valence-electron chi connectivity index (χ0n) is 7.90. The Balaban J connectivity index is 2.65. The second kappa shape index (κ2) is 5.15. The minimum absolute atomic E-state index is 1.17. The summed E-state index contributed by atoms with van der Waals surface area (Å²) in [6.07, 6.45) is 7.99. The molecule has 66 valence electrons. The van der Waals surface area contributed by atoms with E-state index in [1.807, 2.05) is 43.4 Å². The van der Waals surface area contributed by atoms with Crippen LogP contribution in [0.3, 0.4) is 0 Å². The van der Waals surface area contributed by atoms with Gasteiger partial charge in [-0.2, -0.15) is 0 Å². The van der Waals surface area contributed by atoms with Gasteiger partial charge in [-0.3, -0.25) is 0 Å². The minimum Gasteiger partial charge on any atom is -0.0988 e. The molecule has 13 heavy (non-hydrogen) atoms. The van der Waals surface area contributed by atoms with Crippen LogP contribution in [0, 0.1) is 0 Å². The molecule has 1 aromatic carbocycles. The molecule has 0 spiro atoms. The Morgan fingerprint density at radius 2 is 1.92 bits per heavy atom. The topological polar surface area (TPSA) is 0 Å². The number of rotatable bonds is 3. The fourth-order valence-corrected chi connectivity index (χ4v) is 0.943. The van der Waals surface area contributed by atoms with Crippen molar-refractivity contribution >= 4 is 6.08 Å². The lowest BCUT2D eigenvalue weighted by Crippen LogP contribution is -1.67. The molecule has 0 aliphatic heterocycles. The average molecular weight is 170 g/mol. The summed E-state index contributed by atoms with van der Waals surface area (Å²) in [5.41, 5.74) is 2.39. The molecule has 0 aromatic heterocycles. The van der Waals surface area contributed by atoms with Crippen molar-refractivity contribution in [1.82, 2.24) is 0 Å². The van der Waals surface area contributed by atoms with E-state index in [-0.39, 0.29) is 0 Å². The third-order valence-electron chi connectivity index (χ3n) is 1.77. The predicted molar refractivity (Wildman–Crippen MR) is 59.4 cm³/mol. The van der Waals surface area contributed by atoms with E-state index in [0.717, 1.165) is 0 Å². The maximum Gasteiger partial charge on any atom is -0.0257 e. The standard InChI is InChI=1S/C13H14/c1-3-12(2)8-7-11-13-9-5-4-6-10-13/h3-11H,1H2,2H3/b11-7+,12-8-. The van der Waals surface area contributed by atoms with Crippen molar-refractivity contribution in [3.05, 3.63) is 66.3 Å². The van der Waals surface area contributed by atoms with Gasteiger partial charge in [0.05, 0.1) is 0 Å². The summed E-state index contributed by atoms with van der Waals surface area (Å²) in [6.45, 7) is 5.71. The summed E-state index contributed by atoms with van der Waals surface area (Å²) >= 11 is 0. The molecule has 0 atom stereocenters. The SMILES string of the molecule is C=C/C(C)=C\C=C\c1ccccc1. The van der Waals surface area contributed by atoms with Gasteiger partial charge >= 0.3 is 0 Å². The van der Waals surface area contributed by atoms with E-state index in [1.165, 1.54) is 11.1 Å². The van der Waals surface area contributed by atoms with Crippen LogP contribution < -0.4 is 0 Å². The van der Waals surface area contributed by atoms with Gasteiger partial charge in [0, 0.05) is 0 Å². The van der Waals surface area contributed by atoms with E-state index >= 15 is 0 Å². The highest BCUT2D eigenvalue weighted by atomic mass is 13.9. The van der Waals surface area contributed by atoms with Crippen LogP contribution in [0.15, 0.2) is 60.7 Å². The molecule has 0 saturated carbocycles. The number of hydrogen-bond acceptors (Lipinski definition) is 0. The van der Waals surface area contributed by atoms with Gasteiger partial charge in [-0.05, 0) is 12.5 Å². The summed E-state index contributed by atoms with van der Waals surface area (Å²) in [7, 11) is 0. The Morgan fingerprint density at radius 1 is 1.23 bits per heavy atom. The van der Waals surface area contributed by atoms with Crippen molar-refractivity contribution in [1.29, 1.82) is 0 Å². The van der Waals surface area contributed by atoms with E-state index in [2.05, 4.69) is 24.8 Å². The maximum absolute atomic E-state index is 3.68. The van der Waals surface area contributed by atoms with Crippen LogP contribution in [-0.2, 0) is 0 Å². The molecule has 1 aromatic rings. The van der Waals surface area contributed by atoms with Crippen molar-refractivity contribution in [3.8, 4) is 0 Å². The molecule has 0 heteroatoms. The molecule has 0 nitrogen and oxygen atoms in total. The molecule has 0 aliphatic carbocycles. The third-order valence-corrected chi connectivity index (χ3v) is 1.77. The van der Waals surface area contributed by atoms with Crippen molar-refractivity contribution in [2.24, 2.45) is 0 Å². The lowest BCUT2D eigenvalue weighted by atomic mass is 10.2. The number of benzene rings is 1. The quantitative estimate of drug-likeness (QED) is 0.605. The predicted octanol–water partition coefficient (Wildman–Crippen LogP) is 3.83. The van der Waals surface area contributed by atoms with Gasteiger partial charge in [-0.15, -0.1) is 0 Å². The molecule has 0 unspecified atom stereocenters. The highest BCUT2D eigenvalue weighted by molar-refractivity contribution is 5.51. The highest BCUT2D eigenvalue weighted by Gasteiger charge is 1.80. The lowest BCUT2D eigenvalue weighted by molar-refractivity contribution is 1.54. The highest BCUT2D eigenvalue weighted by Crippen LogP contribution is 2.02. The van der Waals surface area contributed by atoms with E-state index in [1.54, 1.807) is 0 Å². The maximum atomic E-state index is 3.68. The number of hydrogen-bond donors (Lipinski definition) is 0. The summed E-state index contributed by atoms with van der Waals surface area (Å²) in [4.78, 5) is 0. The normalized spacial score (nSPS) is 11.9. The van der Waals surface area contributed by atoms with Crippen LogP contribution in [0.25, 0.3) is 6.08 Å². The molecule has 0 radical (unpaired) electrons. The lowest BCUT2D eigenvalue weighted by Gasteiger charge is -1.89. The van der Waals surface area contributed by atoms with Crippen LogP contribution in [0.5, 0.6) is 0 Å². The van der Waals surface area contributed by atoms with Gasteiger partial charge in [-0.25, -0.2) is 0 Å². The molecule has 0 saturated heterocycles. The van der Waals surface area contributed by atoms with Gasteiger partial charge in [0.2, 0.25) is 0 Å². The number of allylic oxidation sites excluding steroid dienone is 4. The molecule has 0 aliphatic rings. The summed E-state index contributed by atoms with van der Waals surface area (Å²) in [5.74, 6) is 0. The van der Waals surface area contributed by atoms with Gasteiger partial charge in [0.1, 0.15) is 0 Å². The van der Waals surface area contributed by atoms with Gasteiger partial charge in [0.15, 0.2) is 0 Å². The van der Waals surface area contributed by atoms with Crippen LogP contribution in [0.2, 0.25) is 0 Å². The molecule has 1 rings (SSSR count). The smallest absolute Gasteiger partial charge is 0.0257 e. The van der Waals surface area contributed by atoms with E-state index < -0.39 is 0 Å². The summed E-state index contributed by atoms with van der Waals surface area (Å²) in [6, 6.07) is 10.2. The van der Waals surface area contributed by atoms with E-state index in [0.29, 0.717) is 0 Å². The Bertz CT molecular complexity index is 315. The molecule has 0 N–H and O–H groups in total. The Kier molecular flexibility index (Phi) is 3.77. The fourth-order valence-electron chi connectivity index (χ4n) is 0.943. The van der Waals surface area contributed by atoms with Crippen molar-refractivity contribution in [2.75, 3.05) is 0 Å². The van der Waals surface area contributed by atoms with E-state index in [4.69, 9.17) is 0 Å². The van der Waals surface area contributed by atoms with Crippen molar-refractivity contribution < 1.29 is 0 Å². The first-order valence-electron chi connectivity index (χ1n) is 4.35. The first-order chi connectivity index (χ1) is 6.33. The van der Waals surface area contributed by atoms with Crippen LogP contribution in [0.1, 0.15) is 12.5 Å². The summed E-state index contributed by atoms with van der Waals surface area (Å²) in [5, 5.41) is 0. The van der Waals surface area contributed by atoms with Crippen LogP contribution in [-0.4, -0.2) is 0 Å². The second-order valence-electron chi connectivity index (χ2n) is 2.88. The van der Waals surface area contributed by atoms with E-state index in [9.17, 15) is 0 Å². The van der Waals surface area contributed by atoms with Gasteiger partial charge in [-0.1, -0.05) is 66.8 Å². The van der Waals surface area contributed by atoms with Crippen LogP contribution >= 0.6 is 0 Å². The molecule has 0 fully saturated rings. The van der Waals surface area contributed by atoms with Gasteiger partial charge < -0.3 is 0 Å². The molecule has 0 bridgehead atoms. The zero-order chi connectivity index (χ0) is 9.52. The Labute approximate surface area is 79.9 Å². The molecule has 0 amide bonds. The van der Waals surface area contributed by atoms with Crippen molar-refractivity contribution in [2.45, 2.75) is 6.92 Å². The van der Waals surface area contributed by atoms with Crippen molar-refractivity contribution in [3.63, 3.8) is 0 Å². The molecule has 0 heterocycles. The molecular formula is C13H14. The van der Waals surface area contributed by atoms with Crippen LogP contribution in [0.4, 0.5) is 0 Å². The first kappa shape index (κ1) is 9.53. The van der Waals surface area contributed by atoms with Gasteiger partial charge in [0.25, 0.3) is 0 Å². The first-order valence-corrected chi connectivity index (χ1v) is 4.35. The second-order valence-corrected chi connectivity index (χ2v) is 2.88. The largest absolute Gasteiger partial charge is 0.0988 e. The Morgan fingerprint density at radius 3 is 2.54 bits per heavy atom. The Hall–Kier alpha value is -1.56. The molecular weight excluding hydrogens is 156 g/mol. The average Bonchev–Trinajstić information content (AvgIpc) is 2.19. The summed E-state index contributed by atoms with van der Waals surface area (Å²) < 4.78 is 0. The minimum atomic E-state index is 1.17. The third kappa shape index (κ3) is 3.57.